The molecule has 0 aliphatic heterocycles. The van der Waals surface area contributed by atoms with Crippen molar-refractivity contribution in [2.24, 2.45) is 34.5 Å². The summed E-state index contributed by atoms with van der Waals surface area (Å²) in [5.41, 5.74) is -0.228. The van der Waals surface area contributed by atoms with Crippen molar-refractivity contribution in [3.8, 4) is 0 Å². The Morgan fingerprint density at radius 2 is 1.27 bits per heavy atom. The summed E-state index contributed by atoms with van der Waals surface area (Å²) in [6.07, 6.45) is 0.704. The van der Waals surface area contributed by atoms with Crippen molar-refractivity contribution < 1.29 is 55.7 Å². The summed E-state index contributed by atoms with van der Waals surface area (Å²) >= 11 is 0. The molecule has 0 N–H and O–H groups in total. The van der Waals surface area contributed by atoms with Crippen LogP contribution in [0, 0.1) is 34.5 Å². The van der Waals surface area contributed by atoms with Crippen LogP contribution >= 0.6 is 0 Å². The number of benzene rings is 4. The van der Waals surface area contributed by atoms with E-state index in [0.29, 0.717) is 17.6 Å². The van der Waals surface area contributed by atoms with Gasteiger partial charge in [-0.25, -0.2) is 14.4 Å². The predicted molar refractivity (Wildman–Crippen MR) is 280 cm³/mol. The van der Waals surface area contributed by atoms with Crippen molar-refractivity contribution in [3.63, 3.8) is 0 Å². The Labute approximate surface area is 435 Å². The van der Waals surface area contributed by atoms with Crippen molar-refractivity contribution in [2.75, 3.05) is 6.61 Å². The molecule has 4 aliphatic rings. The normalized spacial score (nSPS) is 26.3. The van der Waals surface area contributed by atoms with Gasteiger partial charge < -0.3 is 23.4 Å². The van der Waals surface area contributed by atoms with E-state index < -0.39 is 66.6 Å². The average Bonchev–Trinajstić information content (AvgIpc) is 3.74. The molecule has 74 heavy (non-hydrogen) atoms. The number of hydrogen-bond donors (Lipinski definition) is 0. The molecule has 4 aliphatic carbocycles. The number of carbonyl (C=O) groups is 4. The third-order valence-electron chi connectivity index (χ3n) is 17.2. The molecule has 0 heterocycles. The maximum absolute atomic E-state index is 14.5. The molecule has 3 fully saturated rings. The second-order valence-corrected chi connectivity index (χ2v) is 27.2. The SMILES string of the molecule is CC(=O)O[C@H]1CC[C@@]2(C)[C@@H](CC[C@H]3C4=CC=C([C@H](C)[C@@H](CC[C@@](C)(CO[Si](c5ccccc5)(c5ccccc5)C(C)(C)C)OC(=O)c5ccccc5)OC(=O)C(F)(F)F)[C@@]4(C)[C@H](OC(=O)c4ccccc4)C[C@@H]32)C1. The molecule has 0 amide bonds. The van der Waals surface area contributed by atoms with Crippen LogP contribution in [0.4, 0.5) is 13.2 Å². The summed E-state index contributed by atoms with van der Waals surface area (Å²) in [5.74, 6) is -4.20. The van der Waals surface area contributed by atoms with Crippen molar-refractivity contribution in [1.82, 2.24) is 0 Å². The highest BCUT2D eigenvalue weighted by Crippen LogP contribution is 2.66. The van der Waals surface area contributed by atoms with Gasteiger partial charge in [-0.1, -0.05) is 155 Å². The molecule has 0 saturated heterocycles. The van der Waals surface area contributed by atoms with Gasteiger partial charge in [0.15, 0.2) is 0 Å². The highest BCUT2D eigenvalue weighted by molar-refractivity contribution is 6.99. The molecule has 10 atom stereocenters. The second kappa shape index (κ2) is 21.4. The molecule has 13 heteroatoms. The Morgan fingerprint density at radius 3 is 1.81 bits per heavy atom. The molecule has 0 spiro atoms. The minimum Gasteiger partial charge on any atom is -0.463 e. The maximum Gasteiger partial charge on any atom is 0.490 e. The van der Waals surface area contributed by atoms with E-state index in [1.807, 2.05) is 79.7 Å². The topological polar surface area (TPSA) is 114 Å². The first-order chi connectivity index (χ1) is 35.0. The van der Waals surface area contributed by atoms with Crippen LogP contribution in [-0.4, -0.2) is 68.9 Å². The molecule has 0 radical (unpaired) electrons. The molecule has 4 aromatic rings. The van der Waals surface area contributed by atoms with Crippen LogP contribution < -0.4 is 10.4 Å². The van der Waals surface area contributed by atoms with Crippen molar-refractivity contribution in [1.29, 1.82) is 0 Å². The largest absolute Gasteiger partial charge is 0.490 e. The molecule has 4 aromatic carbocycles. The van der Waals surface area contributed by atoms with Gasteiger partial charge in [0.1, 0.15) is 23.9 Å². The average molecular weight is 1030 g/mol. The Balaban J connectivity index is 1.15. The number of ether oxygens (including phenoxy) is 4. The summed E-state index contributed by atoms with van der Waals surface area (Å²) in [7, 11) is -3.26. The van der Waals surface area contributed by atoms with Gasteiger partial charge >= 0.3 is 30.1 Å². The summed E-state index contributed by atoms with van der Waals surface area (Å²) in [5, 5.41) is 1.51. The van der Waals surface area contributed by atoms with E-state index in [-0.39, 0.29) is 60.3 Å². The van der Waals surface area contributed by atoms with Crippen LogP contribution in [0.2, 0.25) is 5.04 Å². The van der Waals surface area contributed by atoms with Gasteiger partial charge in [-0.3, -0.25) is 4.79 Å². The van der Waals surface area contributed by atoms with E-state index in [1.54, 1.807) is 68.4 Å². The Morgan fingerprint density at radius 1 is 0.716 bits per heavy atom. The lowest BCUT2D eigenvalue weighted by atomic mass is 9.45. The van der Waals surface area contributed by atoms with E-state index >= 15 is 0 Å². The molecular formula is C61H71F3O9Si. The van der Waals surface area contributed by atoms with Gasteiger partial charge in [-0.05, 0) is 128 Å². The number of carbonyl (C=O) groups excluding carboxylic acids is 4. The first-order valence-electron chi connectivity index (χ1n) is 26.2. The minimum atomic E-state index is -5.31. The Bertz CT molecular complexity index is 2670. The number of alkyl halides is 3. The third kappa shape index (κ3) is 10.8. The lowest BCUT2D eigenvalue weighted by molar-refractivity contribution is -0.207. The first-order valence-corrected chi connectivity index (χ1v) is 28.1. The van der Waals surface area contributed by atoms with Crippen molar-refractivity contribution in [3.05, 3.63) is 156 Å². The van der Waals surface area contributed by atoms with E-state index in [9.17, 15) is 32.3 Å². The van der Waals surface area contributed by atoms with Gasteiger partial charge in [0.05, 0.1) is 17.7 Å². The van der Waals surface area contributed by atoms with Gasteiger partial charge in [0, 0.05) is 18.3 Å². The minimum absolute atomic E-state index is 0.0562. The molecule has 0 aromatic heterocycles. The standard InChI is InChI=1S/C61H71F3O9Si/c1-40(49-31-32-50-48-30-29-44-37-45(70-41(2)65)33-36-59(44,7)51(48)38-53(60(49,50)8)72-54(66)42-21-13-9-14-22-42)52(71-56(68)61(62,63)64)34-35-58(6,73-55(67)43-23-15-10-16-24-43)39-69-74(57(3,4)5,46-25-17-11-18-26-46)47-27-19-12-20-28-47/h9-28,31-32,40,44-45,48,51-53H,29-30,33-39H2,1-8H3/t40-,44-,45-,48-,51-,52+,53+,58-,59-,60+/m0/s1. The molecule has 0 unspecified atom stereocenters. The van der Waals surface area contributed by atoms with E-state index in [1.165, 1.54) is 6.92 Å². The van der Waals surface area contributed by atoms with Crippen LogP contribution in [0.3, 0.4) is 0 Å². The summed E-state index contributed by atoms with van der Waals surface area (Å²) in [4.78, 5) is 53.5. The van der Waals surface area contributed by atoms with Crippen LogP contribution in [0.1, 0.15) is 127 Å². The van der Waals surface area contributed by atoms with Crippen molar-refractivity contribution in [2.45, 2.75) is 142 Å². The fourth-order valence-corrected chi connectivity index (χ4v) is 18.1. The van der Waals surface area contributed by atoms with Gasteiger partial charge in [0.2, 0.25) is 0 Å². The van der Waals surface area contributed by atoms with E-state index in [2.05, 4.69) is 33.8 Å². The Kier molecular flexibility index (Phi) is 15.8. The first kappa shape index (κ1) is 54.5. The molecule has 9 nitrogen and oxygen atoms in total. The number of esters is 4. The lowest BCUT2D eigenvalue weighted by Crippen LogP contribution is -2.67. The fraction of sp³-hybridized carbons (Fsp3) is 0.475. The second-order valence-electron chi connectivity index (χ2n) is 22.9. The molecule has 3 saturated carbocycles. The molecular weight excluding hydrogens is 962 g/mol. The van der Waals surface area contributed by atoms with Crippen LogP contribution in [-0.2, 0) is 33.0 Å². The van der Waals surface area contributed by atoms with Crippen LogP contribution in [0.15, 0.2) is 145 Å². The number of halogens is 3. The highest BCUT2D eigenvalue weighted by atomic mass is 28.4. The van der Waals surface area contributed by atoms with Gasteiger partial charge in [-0.2, -0.15) is 13.2 Å². The quantitative estimate of drug-likeness (QED) is 0.0615. The Hall–Kier alpha value is -5.79. The van der Waals surface area contributed by atoms with E-state index in [4.69, 9.17) is 23.4 Å². The fourth-order valence-electron chi connectivity index (χ4n) is 13.4. The monoisotopic (exact) mass is 1030 g/mol. The van der Waals surface area contributed by atoms with Crippen molar-refractivity contribution >= 4 is 42.6 Å². The summed E-state index contributed by atoms with van der Waals surface area (Å²) in [6, 6.07) is 37.2. The van der Waals surface area contributed by atoms with Gasteiger partial charge in [-0.15, -0.1) is 0 Å². The summed E-state index contributed by atoms with van der Waals surface area (Å²) < 4.78 is 75.2. The summed E-state index contributed by atoms with van der Waals surface area (Å²) in [6.45, 7) is 15.5. The number of allylic oxidation sites excluding steroid dienone is 2. The lowest BCUT2D eigenvalue weighted by Gasteiger charge is -2.61. The zero-order valence-corrected chi connectivity index (χ0v) is 44.9. The molecule has 8 rings (SSSR count). The van der Waals surface area contributed by atoms with Gasteiger partial charge in [0.25, 0.3) is 8.32 Å². The smallest absolute Gasteiger partial charge is 0.463 e. The zero-order chi connectivity index (χ0) is 53.3. The van der Waals surface area contributed by atoms with E-state index in [0.717, 1.165) is 48.1 Å². The predicted octanol–water partition coefficient (Wildman–Crippen LogP) is 12.3. The third-order valence-corrected chi connectivity index (χ3v) is 22.2. The molecule has 394 valence electrons. The number of hydrogen-bond acceptors (Lipinski definition) is 9. The zero-order valence-electron chi connectivity index (χ0n) is 43.9. The number of fused-ring (bicyclic) bond motifs is 5. The maximum atomic E-state index is 14.5. The van der Waals surface area contributed by atoms with Crippen LogP contribution in [0.25, 0.3) is 0 Å². The highest BCUT2D eigenvalue weighted by Gasteiger charge is 2.62. The van der Waals surface area contributed by atoms with Crippen LogP contribution in [0.5, 0.6) is 0 Å². The molecule has 0 bridgehead atoms. The number of rotatable bonds is 16.